The van der Waals surface area contributed by atoms with Gasteiger partial charge >= 0.3 is 0 Å². The number of ether oxygens (including phenoxy) is 2. The summed E-state index contributed by atoms with van der Waals surface area (Å²) in [6.45, 7) is -0.0810. The monoisotopic (exact) mass is 212 g/mol. The summed E-state index contributed by atoms with van der Waals surface area (Å²) in [6.07, 6.45) is -0.516. The molecule has 1 aromatic carbocycles. The first-order valence-electron chi connectivity index (χ1n) is 4.74. The fourth-order valence-corrected chi connectivity index (χ4v) is 1.47. The Labute approximate surface area is 89.1 Å². The molecule has 0 saturated heterocycles. The van der Waals surface area contributed by atoms with Crippen molar-refractivity contribution in [2.45, 2.75) is 12.5 Å². The lowest BCUT2D eigenvalue weighted by Gasteiger charge is -2.17. The van der Waals surface area contributed by atoms with Crippen LogP contribution in [0, 0.1) is 0 Å². The van der Waals surface area contributed by atoms with Gasteiger partial charge in [0.1, 0.15) is 11.5 Å². The van der Waals surface area contributed by atoms with Crippen molar-refractivity contribution in [2.24, 2.45) is 0 Å². The minimum Gasteiger partial charge on any atom is -0.496 e. The molecule has 0 aliphatic heterocycles. The number of hydrogen-bond acceptors (Lipinski definition) is 4. The van der Waals surface area contributed by atoms with Crippen LogP contribution in [0.15, 0.2) is 18.2 Å². The van der Waals surface area contributed by atoms with Crippen LogP contribution in [-0.2, 0) is 0 Å². The molecule has 0 aliphatic carbocycles. The molecule has 1 unspecified atom stereocenters. The van der Waals surface area contributed by atoms with Crippen LogP contribution in [0.1, 0.15) is 18.1 Å². The molecule has 0 fully saturated rings. The number of aliphatic hydroxyl groups is 2. The summed E-state index contributed by atoms with van der Waals surface area (Å²) in [5, 5.41) is 18.6. The Balaban J connectivity index is 3.09. The fourth-order valence-electron chi connectivity index (χ4n) is 1.47. The summed E-state index contributed by atoms with van der Waals surface area (Å²) in [4.78, 5) is 0. The topological polar surface area (TPSA) is 58.9 Å². The van der Waals surface area contributed by atoms with Crippen LogP contribution < -0.4 is 9.47 Å². The van der Waals surface area contributed by atoms with E-state index in [9.17, 15) is 5.11 Å². The maximum Gasteiger partial charge on any atom is 0.128 e. The average molecular weight is 212 g/mol. The predicted octanol–water partition coefficient (Wildman–Crippen LogP) is 1.12. The van der Waals surface area contributed by atoms with Crippen LogP contribution in [0.4, 0.5) is 0 Å². The highest BCUT2D eigenvalue weighted by Gasteiger charge is 2.17. The second-order valence-corrected chi connectivity index (χ2v) is 3.10. The Bertz CT molecular complexity index is 289. The van der Waals surface area contributed by atoms with Gasteiger partial charge in [-0.3, -0.25) is 0 Å². The van der Waals surface area contributed by atoms with Crippen molar-refractivity contribution in [2.75, 3.05) is 20.8 Å². The number of rotatable bonds is 5. The van der Waals surface area contributed by atoms with E-state index in [0.717, 1.165) is 0 Å². The Morgan fingerprint density at radius 2 is 1.73 bits per heavy atom. The van der Waals surface area contributed by atoms with Gasteiger partial charge < -0.3 is 19.7 Å². The number of hydrogen-bond donors (Lipinski definition) is 2. The quantitative estimate of drug-likeness (QED) is 0.768. The predicted molar refractivity (Wildman–Crippen MR) is 56.2 cm³/mol. The van der Waals surface area contributed by atoms with Crippen LogP contribution in [0.3, 0.4) is 0 Å². The van der Waals surface area contributed by atoms with Gasteiger partial charge in [-0.1, -0.05) is 6.07 Å². The molecule has 0 heterocycles. The van der Waals surface area contributed by atoms with E-state index in [1.54, 1.807) is 18.2 Å². The normalized spacial score (nSPS) is 12.3. The maximum atomic E-state index is 9.82. The third kappa shape index (κ3) is 2.61. The number of aliphatic hydroxyl groups excluding tert-OH is 2. The Morgan fingerprint density at radius 1 is 1.20 bits per heavy atom. The zero-order valence-electron chi connectivity index (χ0n) is 8.93. The van der Waals surface area contributed by atoms with E-state index in [4.69, 9.17) is 14.6 Å². The van der Waals surface area contributed by atoms with E-state index in [1.807, 2.05) is 0 Å². The summed E-state index contributed by atoms with van der Waals surface area (Å²) in [5.74, 6) is 1.13. The SMILES string of the molecule is COc1cccc(OC)c1C(O)CCO. The molecule has 1 rings (SSSR count). The van der Waals surface area contributed by atoms with Gasteiger partial charge in [-0.05, 0) is 12.1 Å². The molecular formula is C11H16O4. The molecule has 0 aliphatic rings. The molecule has 0 radical (unpaired) electrons. The summed E-state index contributed by atoms with van der Waals surface area (Å²) < 4.78 is 10.3. The standard InChI is InChI=1S/C11H16O4/c1-14-9-4-3-5-10(15-2)11(9)8(13)6-7-12/h3-5,8,12-13H,6-7H2,1-2H3. The summed E-state index contributed by atoms with van der Waals surface area (Å²) in [5.41, 5.74) is 0.580. The molecule has 0 bridgehead atoms. The lowest BCUT2D eigenvalue weighted by Crippen LogP contribution is -2.05. The van der Waals surface area contributed by atoms with Crippen molar-refractivity contribution in [3.63, 3.8) is 0 Å². The molecule has 1 atom stereocenters. The van der Waals surface area contributed by atoms with Crippen LogP contribution in [0.25, 0.3) is 0 Å². The zero-order valence-corrected chi connectivity index (χ0v) is 8.93. The minimum absolute atomic E-state index is 0.0810. The fraction of sp³-hybridized carbons (Fsp3) is 0.455. The average Bonchev–Trinajstić information content (AvgIpc) is 2.28. The largest absolute Gasteiger partial charge is 0.496 e. The lowest BCUT2D eigenvalue weighted by atomic mass is 10.0. The van der Waals surface area contributed by atoms with E-state index in [0.29, 0.717) is 17.1 Å². The molecule has 1 aromatic rings. The molecule has 4 heteroatoms. The molecule has 0 aromatic heterocycles. The Kier molecular flexibility index (Phi) is 4.39. The Hall–Kier alpha value is -1.26. The van der Waals surface area contributed by atoms with Gasteiger partial charge in [-0.15, -0.1) is 0 Å². The van der Waals surface area contributed by atoms with E-state index in [1.165, 1.54) is 14.2 Å². The van der Waals surface area contributed by atoms with Gasteiger partial charge in [-0.2, -0.15) is 0 Å². The first kappa shape index (κ1) is 11.8. The van der Waals surface area contributed by atoms with Gasteiger partial charge in [0.25, 0.3) is 0 Å². The molecule has 0 saturated carbocycles. The van der Waals surface area contributed by atoms with Gasteiger partial charge in [0, 0.05) is 13.0 Å². The molecule has 4 nitrogen and oxygen atoms in total. The summed E-state index contributed by atoms with van der Waals surface area (Å²) in [6, 6.07) is 5.28. The molecule has 0 amide bonds. The number of benzene rings is 1. The molecule has 84 valence electrons. The van der Waals surface area contributed by atoms with Crippen LogP contribution in [0.5, 0.6) is 11.5 Å². The van der Waals surface area contributed by atoms with Crippen molar-refractivity contribution >= 4 is 0 Å². The van der Waals surface area contributed by atoms with Gasteiger partial charge in [0.2, 0.25) is 0 Å². The second-order valence-electron chi connectivity index (χ2n) is 3.10. The minimum atomic E-state index is -0.777. The lowest BCUT2D eigenvalue weighted by molar-refractivity contribution is 0.128. The summed E-state index contributed by atoms with van der Waals surface area (Å²) >= 11 is 0. The van der Waals surface area contributed by atoms with Crippen molar-refractivity contribution in [3.8, 4) is 11.5 Å². The first-order valence-corrected chi connectivity index (χ1v) is 4.74. The number of methoxy groups -OCH3 is 2. The molecule has 0 spiro atoms. The van der Waals surface area contributed by atoms with Crippen LogP contribution in [-0.4, -0.2) is 31.0 Å². The third-order valence-corrected chi connectivity index (χ3v) is 2.20. The maximum absolute atomic E-state index is 9.82. The van der Waals surface area contributed by atoms with Gasteiger partial charge in [0.15, 0.2) is 0 Å². The molecule has 2 N–H and O–H groups in total. The smallest absolute Gasteiger partial charge is 0.128 e. The van der Waals surface area contributed by atoms with Crippen molar-refractivity contribution in [1.82, 2.24) is 0 Å². The zero-order chi connectivity index (χ0) is 11.3. The van der Waals surface area contributed by atoms with Crippen molar-refractivity contribution in [3.05, 3.63) is 23.8 Å². The molecule has 15 heavy (non-hydrogen) atoms. The highest BCUT2D eigenvalue weighted by Crippen LogP contribution is 2.35. The highest BCUT2D eigenvalue weighted by molar-refractivity contribution is 5.46. The Morgan fingerprint density at radius 3 is 2.13 bits per heavy atom. The van der Waals surface area contributed by atoms with Gasteiger partial charge in [0.05, 0.1) is 25.9 Å². The first-order chi connectivity index (χ1) is 7.24. The van der Waals surface area contributed by atoms with Crippen LogP contribution in [0.2, 0.25) is 0 Å². The van der Waals surface area contributed by atoms with Gasteiger partial charge in [-0.25, -0.2) is 0 Å². The van der Waals surface area contributed by atoms with Crippen molar-refractivity contribution in [1.29, 1.82) is 0 Å². The summed E-state index contributed by atoms with van der Waals surface area (Å²) in [7, 11) is 3.06. The highest BCUT2D eigenvalue weighted by atomic mass is 16.5. The van der Waals surface area contributed by atoms with Crippen molar-refractivity contribution < 1.29 is 19.7 Å². The van der Waals surface area contributed by atoms with E-state index in [-0.39, 0.29) is 13.0 Å². The van der Waals surface area contributed by atoms with E-state index >= 15 is 0 Å². The third-order valence-electron chi connectivity index (χ3n) is 2.20. The van der Waals surface area contributed by atoms with E-state index in [2.05, 4.69) is 0 Å². The second kappa shape index (κ2) is 5.58. The van der Waals surface area contributed by atoms with E-state index < -0.39 is 6.10 Å². The molecular weight excluding hydrogens is 196 g/mol. The van der Waals surface area contributed by atoms with Crippen LogP contribution >= 0.6 is 0 Å².